The van der Waals surface area contributed by atoms with Crippen LogP contribution in [-0.2, 0) is 0 Å². The summed E-state index contributed by atoms with van der Waals surface area (Å²) in [6.45, 7) is 5.43. The Morgan fingerprint density at radius 2 is 1.85 bits per heavy atom. The molecule has 0 amide bonds. The molecule has 1 aromatic carbocycles. The summed E-state index contributed by atoms with van der Waals surface area (Å²) in [6, 6.07) is 7.26. The van der Waals surface area contributed by atoms with Gasteiger partial charge in [0.1, 0.15) is 5.75 Å². The molecule has 1 saturated carbocycles. The zero-order chi connectivity index (χ0) is 14.7. The summed E-state index contributed by atoms with van der Waals surface area (Å²) in [7, 11) is 2.05. The molecule has 1 fully saturated rings. The summed E-state index contributed by atoms with van der Waals surface area (Å²) in [5.41, 5.74) is 1.08. The average molecular weight is 277 g/mol. The topological polar surface area (TPSA) is 43.7 Å². The second kappa shape index (κ2) is 6.49. The molecule has 3 unspecified atom stereocenters. The van der Waals surface area contributed by atoms with Crippen molar-refractivity contribution in [2.24, 2.45) is 17.8 Å². The number of benzene rings is 1. The predicted molar refractivity (Wildman–Crippen MR) is 83.1 cm³/mol. The SMILES string of the molecule is CC(C)C1CCC(O)C(CN(C)c2ccc(O)cc2)C1. The number of hydrogen-bond acceptors (Lipinski definition) is 3. The van der Waals surface area contributed by atoms with Gasteiger partial charge in [-0.1, -0.05) is 13.8 Å². The zero-order valence-electron chi connectivity index (χ0n) is 12.8. The van der Waals surface area contributed by atoms with Gasteiger partial charge in [0.25, 0.3) is 0 Å². The molecule has 2 N–H and O–H groups in total. The van der Waals surface area contributed by atoms with Crippen molar-refractivity contribution in [2.75, 3.05) is 18.5 Å². The molecule has 3 nitrogen and oxygen atoms in total. The number of anilines is 1. The molecular formula is C17H27NO2. The Morgan fingerprint density at radius 1 is 1.20 bits per heavy atom. The minimum Gasteiger partial charge on any atom is -0.508 e. The van der Waals surface area contributed by atoms with Crippen molar-refractivity contribution < 1.29 is 10.2 Å². The highest BCUT2D eigenvalue weighted by molar-refractivity contribution is 5.48. The lowest BCUT2D eigenvalue weighted by Gasteiger charge is -2.37. The number of aliphatic hydroxyl groups excluding tert-OH is 1. The second-order valence-corrected chi connectivity index (χ2v) is 6.54. The van der Waals surface area contributed by atoms with Gasteiger partial charge in [0, 0.05) is 25.2 Å². The Hall–Kier alpha value is -1.22. The Balaban J connectivity index is 1.98. The first-order chi connectivity index (χ1) is 9.47. The van der Waals surface area contributed by atoms with Gasteiger partial charge in [-0.05, 0) is 55.4 Å². The summed E-state index contributed by atoms with van der Waals surface area (Å²) >= 11 is 0. The van der Waals surface area contributed by atoms with Gasteiger partial charge in [-0.2, -0.15) is 0 Å². The molecule has 1 aliphatic carbocycles. The maximum atomic E-state index is 10.2. The van der Waals surface area contributed by atoms with Gasteiger partial charge < -0.3 is 15.1 Å². The highest BCUT2D eigenvalue weighted by Crippen LogP contribution is 2.34. The number of rotatable bonds is 4. The molecule has 1 aromatic rings. The van der Waals surface area contributed by atoms with Gasteiger partial charge in [0.15, 0.2) is 0 Å². The van der Waals surface area contributed by atoms with Crippen LogP contribution in [0.4, 0.5) is 5.69 Å². The van der Waals surface area contributed by atoms with Crippen LogP contribution >= 0.6 is 0 Å². The molecule has 0 spiro atoms. The minimum absolute atomic E-state index is 0.176. The number of aliphatic hydroxyl groups is 1. The lowest BCUT2D eigenvalue weighted by molar-refractivity contribution is 0.0414. The molecule has 112 valence electrons. The summed E-state index contributed by atoms with van der Waals surface area (Å²) in [5.74, 6) is 2.07. The first kappa shape index (κ1) is 15.2. The molecule has 0 aliphatic heterocycles. The Kier molecular flexibility index (Phi) is 4.92. The third kappa shape index (κ3) is 3.66. The third-order valence-corrected chi connectivity index (χ3v) is 4.72. The van der Waals surface area contributed by atoms with Gasteiger partial charge in [-0.25, -0.2) is 0 Å². The van der Waals surface area contributed by atoms with Crippen LogP contribution < -0.4 is 4.90 Å². The monoisotopic (exact) mass is 277 g/mol. The number of hydrogen-bond donors (Lipinski definition) is 2. The van der Waals surface area contributed by atoms with Gasteiger partial charge >= 0.3 is 0 Å². The van der Waals surface area contributed by atoms with E-state index >= 15 is 0 Å². The van der Waals surface area contributed by atoms with Crippen molar-refractivity contribution in [3.8, 4) is 5.75 Å². The lowest BCUT2D eigenvalue weighted by atomic mass is 9.74. The van der Waals surface area contributed by atoms with E-state index in [-0.39, 0.29) is 6.10 Å². The van der Waals surface area contributed by atoms with Gasteiger partial charge in [-0.15, -0.1) is 0 Å². The molecule has 0 aromatic heterocycles. The van der Waals surface area contributed by atoms with Crippen LogP contribution in [0, 0.1) is 17.8 Å². The van der Waals surface area contributed by atoms with E-state index in [1.54, 1.807) is 12.1 Å². The Morgan fingerprint density at radius 3 is 2.45 bits per heavy atom. The number of nitrogens with zero attached hydrogens (tertiary/aromatic N) is 1. The van der Waals surface area contributed by atoms with Crippen molar-refractivity contribution in [2.45, 2.75) is 39.2 Å². The zero-order valence-corrected chi connectivity index (χ0v) is 12.8. The fourth-order valence-electron chi connectivity index (χ4n) is 3.25. The molecule has 0 saturated heterocycles. The van der Waals surface area contributed by atoms with Gasteiger partial charge in [-0.3, -0.25) is 0 Å². The molecule has 1 aliphatic rings. The maximum absolute atomic E-state index is 10.2. The number of phenolic OH excluding ortho intramolecular Hbond substituents is 1. The van der Waals surface area contributed by atoms with Gasteiger partial charge in [0.2, 0.25) is 0 Å². The van der Waals surface area contributed by atoms with Crippen molar-refractivity contribution in [3.05, 3.63) is 24.3 Å². The van der Waals surface area contributed by atoms with Crippen LogP contribution in [0.2, 0.25) is 0 Å². The highest BCUT2D eigenvalue weighted by Gasteiger charge is 2.31. The summed E-state index contributed by atoms with van der Waals surface area (Å²) < 4.78 is 0. The molecular weight excluding hydrogens is 250 g/mol. The van der Waals surface area contributed by atoms with E-state index in [2.05, 4.69) is 25.8 Å². The third-order valence-electron chi connectivity index (χ3n) is 4.72. The molecule has 2 rings (SSSR count). The van der Waals surface area contributed by atoms with Crippen molar-refractivity contribution >= 4 is 5.69 Å². The first-order valence-corrected chi connectivity index (χ1v) is 7.65. The van der Waals surface area contributed by atoms with E-state index in [9.17, 15) is 10.2 Å². The molecule has 0 heterocycles. The number of aromatic hydroxyl groups is 1. The van der Waals surface area contributed by atoms with Crippen LogP contribution in [-0.4, -0.2) is 29.9 Å². The smallest absolute Gasteiger partial charge is 0.115 e. The largest absolute Gasteiger partial charge is 0.508 e. The molecule has 3 atom stereocenters. The normalized spacial score (nSPS) is 26.8. The van der Waals surface area contributed by atoms with Crippen LogP contribution in [0.5, 0.6) is 5.75 Å². The lowest BCUT2D eigenvalue weighted by Crippen LogP contribution is -2.38. The van der Waals surface area contributed by atoms with Crippen LogP contribution in [0.3, 0.4) is 0 Å². The second-order valence-electron chi connectivity index (χ2n) is 6.54. The predicted octanol–water partition coefficient (Wildman–Crippen LogP) is 3.26. The molecule has 0 radical (unpaired) electrons. The van der Waals surface area contributed by atoms with E-state index in [4.69, 9.17) is 0 Å². The minimum atomic E-state index is -0.176. The van der Waals surface area contributed by atoms with E-state index in [1.165, 1.54) is 0 Å². The van der Waals surface area contributed by atoms with E-state index in [0.717, 1.165) is 37.4 Å². The standard InChI is InChI=1S/C17H27NO2/c1-12(2)13-4-9-17(20)14(10-13)11-18(3)15-5-7-16(19)8-6-15/h5-8,12-14,17,19-20H,4,9-11H2,1-3H3. The summed E-state index contributed by atoms with van der Waals surface area (Å²) in [6.07, 6.45) is 3.01. The maximum Gasteiger partial charge on any atom is 0.115 e. The summed E-state index contributed by atoms with van der Waals surface area (Å²) in [5, 5.41) is 19.6. The van der Waals surface area contributed by atoms with Gasteiger partial charge in [0.05, 0.1) is 6.10 Å². The highest BCUT2D eigenvalue weighted by atomic mass is 16.3. The van der Waals surface area contributed by atoms with E-state index in [1.807, 2.05) is 12.1 Å². The molecule has 0 bridgehead atoms. The van der Waals surface area contributed by atoms with E-state index < -0.39 is 0 Å². The Bertz CT molecular complexity index is 416. The quantitative estimate of drug-likeness (QED) is 0.888. The Labute approximate surface area is 122 Å². The van der Waals surface area contributed by atoms with Crippen molar-refractivity contribution in [3.63, 3.8) is 0 Å². The van der Waals surface area contributed by atoms with Crippen LogP contribution in [0.1, 0.15) is 33.1 Å². The van der Waals surface area contributed by atoms with Crippen LogP contribution in [0.25, 0.3) is 0 Å². The summed E-state index contributed by atoms with van der Waals surface area (Å²) in [4.78, 5) is 2.18. The average Bonchev–Trinajstić information content (AvgIpc) is 2.41. The molecule has 20 heavy (non-hydrogen) atoms. The fourth-order valence-corrected chi connectivity index (χ4v) is 3.25. The molecule has 3 heteroatoms. The fraction of sp³-hybridized carbons (Fsp3) is 0.647. The number of phenols is 1. The van der Waals surface area contributed by atoms with Crippen molar-refractivity contribution in [1.29, 1.82) is 0 Å². The van der Waals surface area contributed by atoms with Crippen molar-refractivity contribution in [1.82, 2.24) is 0 Å². The first-order valence-electron chi connectivity index (χ1n) is 7.65. The van der Waals surface area contributed by atoms with Crippen LogP contribution in [0.15, 0.2) is 24.3 Å². The van der Waals surface area contributed by atoms with E-state index in [0.29, 0.717) is 17.6 Å².